The number of carbonyl (C=O) groups is 1. The molecule has 0 bridgehead atoms. The lowest BCUT2D eigenvalue weighted by Gasteiger charge is -2.04. The largest absolute Gasteiger partial charge is 0.477 e. The number of halogens is 1. The maximum Gasteiger partial charge on any atom is 0.354 e. The molecule has 1 N–H and O–H groups in total. The van der Waals surface area contributed by atoms with Gasteiger partial charge in [-0.15, -0.1) is 11.8 Å². The molecule has 1 aromatic carbocycles. The highest BCUT2D eigenvalue weighted by Crippen LogP contribution is 2.22. The summed E-state index contributed by atoms with van der Waals surface area (Å²) in [4.78, 5) is 19.4. The number of hydrogen-bond acceptors (Lipinski definition) is 4. The molecule has 0 aliphatic rings. The van der Waals surface area contributed by atoms with Gasteiger partial charge in [0.2, 0.25) is 0 Å². The summed E-state index contributed by atoms with van der Waals surface area (Å²) >= 11 is 4.75. The fraction of sp³-hybridized carbons (Fsp3) is 0.0833. The molecule has 4 nitrogen and oxygen atoms in total. The van der Waals surface area contributed by atoms with Gasteiger partial charge in [-0.1, -0.05) is 28.1 Å². The first-order chi connectivity index (χ1) is 8.60. The summed E-state index contributed by atoms with van der Waals surface area (Å²) in [6.45, 7) is 0. The molecule has 92 valence electrons. The van der Waals surface area contributed by atoms with Crippen molar-refractivity contribution in [3.05, 3.63) is 40.5 Å². The van der Waals surface area contributed by atoms with Gasteiger partial charge in [0.1, 0.15) is 5.03 Å². The van der Waals surface area contributed by atoms with Crippen molar-refractivity contribution in [3.8, 4) is 11.4 Å². The number of thioether (sulfide) groups is 1. The molecule has 0 amide bonds. The molecule has 0 unspecified atom stereocenters. The zero-order valence-corrected chi connectivity index (χ0v) is 11.8. The first kappa shape index (κ1) is 13.0. The van der Waals surface area contributed by atoms with Crippen LogP contribution in [0.1, 0.15) is 10.5 Å². The van der Waals surface area contributed by atoms with Crippen LogP contribution in [0.25, 0.3) is 11.4 Å². The zero-order chi connectivity index (χ0) is 13.1. The van der Waals surface area contributed by atoms with Crippen LogP contribution in [0.4, 0.5) is 0 Å². The van der Waals surface area contributed by atoms with Crippen molar-refractivity contribution in [2.75, 3.05) is 6.26 Å². The molecule has 2 rings (SSSR count). The Hall–Kier alpha value is -1.40. The van der Waals surface area contributed by atoms with Crippen LogP contribution in [-0.2, 0) is 0 Å². The van der Waals surface area contributed by atoms with E-state index >= 15 is 0 Å². The number of aromatic carboxylic acids is 1. The van der Waals surface area contributed by atoms with E-state index in [2.05, 4.69) is 25.9 Å². The minimum absolute atomic E-state index is 0.00401. The van der Waals surface area contributed by atoms with E-state index < -0.39 is 5.97 Å². The van der Waals surface area contributed by atoms with E-state index in [-0.39, 0.29) is 5.69 Å². The summed E-state index contributed by atoms with van der Waals surface area (Å²) in [5.41, 5.74) is 0.784. The molecule has 0 aliphatic carbocycles. The topological polar surface area (TPSA) is 63.1 Å². The average molecular weight is 325 g/mol. The molecule has 1 aromatic heterocycles. The van der Waals surface area contributed by atoms with Crippen molar-refractivity contribution in [1.82, 2.24) is 9.97 Å². The lowest BCUT2D eigenvalue weighted by molar-refractivity contribution is 0.0690. The number of carboxylic acids is 1. The van der Waals surface area contributed by atoms with Crippen LogP contribution in [0.3, 0.4) is 0 Å². The third-order valence-corrected chi connectivity index (χ3v) is 3.33. The molecule has 6 heteroatoms. The highest BCUT2D eigenvalue weighted by atomic mass is 79.9. The van der Waals surface area contributed by atoms with E-state index in [0.717, 1.165) is 10.0 Å². The Morgan fingerprint density at radius 3 is 2.72 bits per heavy atom. The second kappa shape index (κ2) is 5.49. The normalized spacial score (nSPS) is 10.3. The number of nitrogens with zero attached hydrogens (tertiary/aromatic N) is 2. The molecule has 18 heavy (non-hydrogen) atoms. The lowest BCUT2D eigenvalue weighted by Crippen LogP contribution is -2.03. The van der Waals surface area contributed by atoms with E-state index in [1.807, 2.05) is 30.5 Å². The molecular formula is C12H9BrN2O2S. The van der Waals surface area contributed by atoms with Crippen molar-refractivity contribution in [2.24, 2.45) is 0 Å². The minimum atomic E-state index is -1.05. The van der Waals surface area contributed by atoms with Crippen LogP contribution >= 0.6 is 27.7 Å². The predicted octanol–water partition coefficient (Wildman–Crippen LogP) is 3.33. The Bertz CT molecular complexity index is 604. The van der Waals surface area contributed by atoms with Gasteiger partial charge in [0.25, 0.3) is 0 Å². The molecule has 0 spiro atoms. The number of carboxylic acid groups (broad SMARTS) is 1. The standard InChI is InChI=1S/C12H9BrN2O2S/c1-18-10-6-9(12(16)17)14-11(15-10)7-3-2-4-8(13)5-7/h2-6H,1H3,(H,16,17). The summed E-state index contributed by atoms with van der Waals surface area (Å²) < 4.78 is 0.898. The number of hydrogen-bond donors (Lipinski definition) is 1. The monoisotopic (exact) mass is 324 g/mol. The third-order valence-electron chi connectivity index (χ3n) is 2.21. The third kappa shape index (κ3) is 2.88. The van der Waals surface area contributed by atoms with Crippen molar-refractivity contribution in [3.63, 3.8) is 0 Å². The average Bonchev–Trinajstić information content (AvgIpc) is 2.38. The van der Waals surface area contributed by atoms with Gasteiger partial charge in [-0.3, -0.25) is 0 Å². The summed E-state index contributed by atoms with van der Waals surface area (Å²) in [7, 11) is 0. The van der Waals surface area contributed by atoms with Crippen LogP contribution < -0.4 is 0 Å². The van der Waals surface area contributed by atoms with Gasteiger partial charge in [-0.05, 0) is 18.4 Å². The molecule has 0 aliphatic heterocycles. The highest BCUT2D eigenvalue weighted by molar-refractivity contribution is 9.10. The van der Waals surface area contributed by atoms with E-state index in [1.165, 1.54) is 17.8 Å². The minimum Gasteiger partial charge on any atom is -0.477 e. The molecule has 0 fully saturated rings. The second-order valence-electron chi connectivity index (χ2n) is 3.43. The fourth-order valence-electron chi connectivity index (χ4n) is 1.40. The molecule has 0 radical (unpaired) electrons. The van der Waals surface area contributed by atoms with Crippen LogP contribution in [-0.4, -0.2) is 27.3 Å². The Morgan fingerprint density at radius 1 is 1.33 bits per heavy atom. The van der Waals surface area contributed by atoms with E-state index in [1.54, 1.807) is 0 Å². The first-order valence-electron chi connectivity index (χ1n) is 5.02. The van der Waals surface area contributed by atoms with E-state index in [4.69, 9.17) is 5.11 Å². The van der Waals surface area contributed by atoms with Crippen LogP contribution in [0.2, 0.25) is 0 Å². The lowest BCUT2D eigenvalue weighted by atomic mass is 10.2. The van der Waals surface area contributed by atoms with Gasteiger partial charge in [0.15, 0.2) is 11.5 Å². The summed E-state index contributed by atoms with van der Waals surface area (Å²) in [5.74, 6) is -0.635. The van der Waals surface area contributed by atoms with Crippen molar-refractivity contribution in [2.45, 2.75) is 5.03 Å². The summed E-state index contributed by atoms with van der Waals surface area (Å²) in [6.07, 6.45) is 1.85. The second-order valence-corrected chi connectivity index (χ2v) is 5.18. The van der Waals surface area contributed by atoms with Crippen LogP contribution in [0.15, 0.2) is 39.8 Å². The number of benzene rings is 1. The molecule has 0 atom stereocenters. The number of aromatic nitrogens is 2. The van der Waals surface area contributed by atoms with Crippen LogP contribution in [0.5, 0.6) is 0 Å². The molecule has 0 saturated heterocycles. The van der Waals surface area contributed by atoms with E-state index in [9.17, 15) is 4.79 Å². The zero-order valence-electron chi connectivity index (χ0n) is 9.42. The fourth-order valence-corrected chi connectivity index (χ4v) is 2.20. The van der Waals surface area contributed by atoms with E-state index in [0.29, 0.717) is 10.9 Å². The van der Waals surface area contributed by atoms with Gasteiger partial charge in [-0.25, -0.2) is 14.8 Å². The SMILES string of the molecule is CSc1cc(C(=O)O)nc(-c2cccc(Br)c2)n1. The van der Waals surface area contributed by atoms with Crippen molar-refractivity contribution < 1.29 is 9.90 Å². The maximum absolute atomic E-state index is 11.0. The Labute approximate surface area is 117 Å². The van der Waals surface area contributed by atoms with Crippen LogP contribution in [0, 0.1) is 0 Å². The highest BCUT2D eigenvalue weighted by Gasteiger charge is 2.11. The van der Waals surface area contributed by atoms with Crippen molar-refractivity contribution >= 4 is 33.7 Å². The van der Waals surface area contributed by atoms with Gasteiger partial charge < -0.3 is 5.11 Å². The molecule has 2 aromatic rings. The summed E-state index contributed by atoms with van der Waals surface area (Å²) in [6, 6.07) is 8.91. The van der Waals surface area contributed by atoms with Gasteiger partial charge >= 0.3 is 5.97 Å². The quantitative estimate of drug-likeness (QED) is 0.693. The maximum atomic E-state index is 11.0. The Morgan fingerprint density at radius 2 is 2.11 bits per heavy atom. The molecule has 1 heterocycles. The smallest absolute Gasteiger partial charge is 0.354 e. The first-order valence-corrected chi connectivity index (χ1v) is 7.04. The Balaban J connectivity index is 2.56. The van der Waals surface area contributed by atoms with Gasteiger partial charge in [0, 0.05) is 16.1 Å². The molecule has 0 saturated carbocycles. The van der Waals surface area contributed by atoms with Gasteiger partial charge in [-0.2, -0.15) is 0 Å². The predicted molar refractivity (Wildman–Crippen MR) is 73.9 cm³/mol. The Kier molecular flexibility index (Phi) is 3.98. The summed E-state index contributed by atoms with van der Waals surface area (Å²) in [5, 5.41) is 9.66. The number of rotatable bonds is 3. The van der Waals surface area contributed by atoms with Gasteiger partial charge in [0.05, 0.1) is 0 Å². The van der Waals surface area contributed by atoms with Crippen molar-refractivity contribution in [1.29, 1.82) is 0 Å². The molecular weight excluding hydrogens is 316 g/mol.